The highest BCUT2D eigenvalue weighted by atomic mass is 35.5. The van der Waals surface area contributed by atoms with Gasteiger partial charge in [-0.15, -0.1) is 0 Å². The molecule has 0 heterocycles. The normalized spacial score (nSPS) is 9.87. The second-order valence-corrected chi connectivity index (χ2v) is 3.18. The molecule has 0 aliphatic rings. The topological polar surface area (TPSA) is 55.8 Å². The van der Waals surface area contributed by atoms with Gasteiger partial charge in [0.25, 0.3) is 0 Å². The second-order valence-electron chi connectivity index (χ2n) is 2.77. The van der Waals surface area contributed by atoms with Crippen LogP contribution in [0.3, 0.4) is 0 Å². The molecule has 15 heavy (non-hydrogen) atoms. The van der Waals surface area contributed by atoms with Gasteiger partial charge in [-0.3, -0.25) is 4.79 Å². The molecular weight excluding hydrogens is 220 g/mol. The molecule has 4 nitrogen and oxygen atoms in total. The molecule has 0 fully saturated rings. The number of benzene rings is 1. The number of hydrogen-bond acceptors (Lipinski definition) is 4. The van der Waals surface area contributed by atoms with Gasteiger partial charge in [0.15, 0.2) is 17.8 Å². The maximum absolute atomic E-state index is 10.8. The molecular formula is C10H11ClO4. The minimum atomic E-state index is -0.238. The summed E-state index contributed by atoms with van der Waals surface area (Å²) >= 11 is 5.84. The first-order valence-corrected chi connectivity index (χ1v) is 4.56. The Morgan fingerprint density at radius 1 is 1.40 bits per heavy atom. The highest BCUT2D eigenvalue weighted by Crippen LogP contribution is 2.38. The standard InChI is InChI=1S/C10H11ClO4/c1-14-9-6(4-12)3-8(11)7(5-13)10(9)15-2/h3,5,12H,4H2,1-2H3. The van der Waals surface area contributed by atoms with Crippen molar-refractivity contribution in [2.24, 2.45) is 0 Å². The summed E-state index contributed by atoms with van der Waals surface area (Å²) in [6.45, 7) is -0.238. The predicted octanol–water partition coefficient (Wildman–Crippen LogP) is 1.66. The first-order chi connectivity index (χ1) is 7.19. The Hall–Kier alpha value is -1.26. The number of ether oxygens (including phenoxy) is 2. The van der Waals surface area contributed by atoms with E-state index in [1.54, 1.807) is 0 Å². The van der Waals surface area contributed by atoms with Gasteiger partial charge < -0.3 is 14.6 Å². The Morgan fingerprint density at radius 3 is 2.40 bits per heavy atom. The van der Waals surface area contributed by atoms with Crippen LogP contribution in [0.1, 0.15) is 15.9 Å². The first kappa shape index (κ1) is 11.8. The van der Waals surface area contributed by atoms with E-state index < -0.39 is 0 Å². The molecule has 0 spiro atoms. The fourth-order valence-electron chi connectivity index (χ4n) is 1.33. The van der Waals surface area contributed by atoms with E-state index in [9.17, 15) is 4.79 Å². The molecule has 1 rings (SSSR count). The molecule has 0 aliphatic carbocycles. The van der Waals surface area contributed by atoms with E-state index in [1.807, 2.05) is 0 Å². The van der Waals surface area contributed by atoms with Crippen LogP contribution in [0, 0.1) is 0 Å². The zero-order valence-corrected chi connectivity index (χ0v) is 9.17. The van der Waals surface area contributed by atoms with Crippen LogP contribution >= 0.6 is 11.6 Å². The van der Waals surface area contributed by atoms with E-state index in [4.69, 9.17) is 26.2 Å². The number of carbonyl (C=O) groups excluding carboxylic acids is 1. The highest BCUT2D eigenvalue weighted by Gasteiger charge is 2.17. The van der Waals surface area contributed by atoms with Gasteiger partial charge in [0.1, 0.15) is 0 Å². The molecule has 1 N–H and O–H groups in total. The molecule has 0 unspecified atom stereocenters. The smallest absolute Gasteiger partial charge is 0.173 e. The number of rotatable bonds is 4. The van der Waals surface area contributed by atoms with Crippen molar-refractivity contribution in [3.8, 4) is 11.5 Å². The SMILES string of the molecule is COc1c(CO)cc(Cl)c(C=O)c1OC. The van der Waals surface area contributed by atoms with Crippen LogP contribution in [0.2, 0.25) is 5.02 Å². The predicted molar refractivity (Wildman–Crippen MR) is 55.9 cm³/mol. The van der Waals surface area contributed by atoms with Crippen LogP contribution in [-0.2, 0) is 6.61 Å². The van der Waals surface area contributed by atoms with Crippen molar-refractivity contribution in [1.82, 2.24) is 0 Å². The number of halogens is 1. The van der Waals surface area contributed by atoms with Crippen LogP contribution < -0.4 is 9.47 Å². The minimum Gasteiger partial charge on any atom is -0.492 e. The molecule has 0 saturated carbocycles. The summed E-state index contributed by atoms with van der Waals surface area (Å²) < 4.78 is 10.1. The number of methoxy groups -OCH3 is 2. The number of hydrogen-bond donors (Lipinski definition) is 1. The summed E-state index contributed by atoms with van der Waals surface area (Å²) in [7, 11) is 2.84. The Balaban J connectivity index is 3.51. The third kappa shape index (κ3) is 2.06. The van der Waals surface area contributed by atoms with Crippen molar-refractivity contribution >= 4 is 17.9 Å². The van der Waals surface area contributed by atoms with Gasteiger partial charge in [0, 0.05) is 5.56 Å². The van der Waals surface area contributed by atoms with Gasteiger partial charge in [-0.1, -0.05) is 11.6 Å². The van der Waals surface area contributed by atoms with Crippen molar-refractivity contribution < 1.29 is 19.4 Å². The van der Waals surface area contributed by atoms with Crippen molar-refractivity contribution in [3.63, 3.8) is 0 Å². The van der Waals surface area contributed by atoms with Gasteiger partial charge in [-0.05, 0) is 6.07 Å². The molecule has 0 amide bonds. The third-order valence-electron chi connectivity index (χ3n) is 2.00. The molecule has 0 saturated heterocycles. The zero-order valence-electron chi connectivity index (χ0n) is 8.41. The summed E-state index contributed by atoms with van der Waals surface area (Å²) in [5.41, 5.74) is 0.693. The first-order valence-electron chi connectivity index (χ1n) is 4.19. The number of carbonyl (C=O) groups is 1. The molecule has 1 aromatic rings. The summed E-state index contributed by atoms with van der Waals surface area (Å²) in [6, 6.07) is 1.48. The van der Waals surface area contributed by atoms with E-state index in [0.29, 0.717) is 17.6 Å². The lowest BCUT2D eigenvalue weighted by atomic mass is 10.1. The molecule has 0 radical (unpaired) electrons. The molecule has 0 aromatic heterocycles. The van der Waals surface area contributed by atoms with Crippen LogP contribution in [0.25, 0.3) is 0 Å². The van der Waals surface area contributed by atoms with E-state index in [1.165, 1.54) is 20.3 Å². The number of aldehydes is 1. The van der Waals surface area contributed by atoms with E-state index in [-0.39, 0.29) is 22.9 Å². The third-order valence-corrected chi connectivity index (χ3v) is 2.31. The Bertz CT molecular complexity index is 376. The molecule has 0 aliphatic heterocycles. The summed E-state index contributed by atoms with van der Waals surface area (Å²) in [5.74, 6) is 0.565. The van der Waals surface area contributed by atoms with Crippen molar-refractivity contribution in [2.45, 2.75) is 6.61 Å². The number of aliphatic hydroxyl groups excluding tert-OH is 1. The maximum atomic E-state index is 10.8. The molecule has 82 valence electrons. The van der Waals surface area contributed by atoms with Crippen LogP contribution in [-0.4, -0.2) is 25.6 Å². The zero-order chi connectivity index (χ0) is 11.4. The second kappa shape index (κ2) is 5.00. The Labute approximate surface area is 92.4 Å². The maximum Gasteiger partial charge on any atom is 0.173 e. The molecule has 0 atom stereocenters. The van der Waals surface area contributed by atoms with Gasteiger partial charge >= 0.3 is 0 Å². The summed E-state index contributed by atoms with van der Waals surface area (Å²) in [5, 5.41) is 9.30. The fraction of sp³-hybridized carbons (Fsp3) is 0.300. The fourth-order valence-corrected chi connectivity index (χ4v) is 1.59. The van der Waals surface area contributed by atoms with Crippen LogP contribution in [0.15, 0.2) is 6.07 Å². The lowest BCUT2D eigenvalue weighted by molar-refractivity contribution is 0.112. The lowest BCUT2D eigenvalue weighted by Gasteiger charge is -2.14. The van der Waals surface area contributed by atoms with E-state index in [2.05, 4.69) is 0 Å². The van der Waals surface area contributed by atoms with Crippen molar-refractivity contribution in [3.05, 3.63) is 22.2 Å². The summed E-state index contributed by atoms with van der Waals surface area (Å²) in [4.78, 5) is 10.8. The van der Waals surface area contributed by atoms with Gasteiger partial charge in [0.05, 0.1) is 31.4 Å². The molecule has 1 aromatic carbocycles. The Kier molecular flexibility index (Phi) is 3.94. The number of aliphatic hydroxyl groups is 1. The average molecular weight is 231 g/mol. The largest absolute Gasteiger partial charge is 0.492 e. The molecule has 5 heteroatoms. The molecule has 0 bridgehead atoms. The van der Waals surface area contributed by atoms with Crippen molar-refractivity contribution in [1.29, 1.82) is 0 Å². The summed E-state index contributed by atoms with van der Waals surface area (Å²) in [6.07, 6.45) is 0.588. The van der Waals surface area contributed by atoms with Gasteiger partial charge in [-0.2, -0.15) is 0 Å². The van der Waals surface area contributed by atoms with E-state index in [0.717, 1.165) is 0 Å². The monoisotopic (exact) mass is 230 g/mol. The van der Waals surface area contributed by atoms with Crippen molar-refractivity contribution in [2.75, 3.05) is 14.2 Å². The van der Waals surface area contributed by atoms with Gasteiger partial charge in [0.2, 0.25) is 0 Å². The Morgan fingerprint density at radius 2 is 2.00 bits per heavy atom. The highest BCUT2D eigenvalue weighted by molar-refractivity contribution is 6.33. The van der Waals surface area contributed by atoms with E-state index >= 15 is 0 Å². The average Bonchev–Trinajstić information content (AvgIpc) is 2.27. The van der Waals surface area contributed by atoms with Crippen LogP contribution in [0.4, 0.5) is 0 Å². The van der Waals surface area contributed by atoms with Gasteiger partial charge in [-0.25, -0.2) is 0 Å². The lowest BCUT2D eigenvalue weighted by Crippen LogP contribution is -2.00. The quantitative estimate of drug-likeness (QED) is 0.800. The minimum absolute atomic E-state index is 0.216. The van der Waals surface area contributed by atoms with Crippen LogP contribution in [0.5, 0.6) is 11.5 Å².